The molecule has 98 valence electrons. The fourth-order valence-electron chi connectivity index (χ4n) is 2.99. The number of rotatable bonds is 4. The summed E-state index contributed by atoms with van der Waals surface area (Å²) in [5.41, 5.74) is 0. The summed E-state index contributed by atoms with van der Waals surface area (Å²) in [4.78, 5) is 14.0. The molecule has 1 heterocycles. The third-order valence-corrected chi connectivity index (χ3v) is 5.03. The minimum atomic E-state index is 0.404. The normalized spacial score (nSPS) is 22.7. The van der Waals surface area contributed by atoms with Crippen LogP contribution in [0.25, 0.3) is 0 Å². The van der Waals surface area contributed by atoms with Crippen LogP contribution in [-0.4, -0.2) is 35.4 Å². The molecule has 3 heteroatoms. The molecule has 0 bridgehead atoms. The van der Waals surface area contributed by atoms with Gasteiger partial charge in [-0.15, -0.1) is 0 Å². The van der Waals surface area contributed by atoms with Crippen LogP contribution in [0, 0.1) is 5.92 Å². The smallest absolute Gasteiger partial charge is 0.222 e. The molecule has 2 rings (SSSR count). The Morgan fingerprint density at radius 3 is 2.53 bits per heavy atom. The lowest BCUT2D eigenvalue weighted by molar-refractivity contribution is -0.131. The highest BCUT2D eigenvalue weighted by Gasteiger charge is 2.17. The van der Waals surface area contributed by atoms with E-state index in [0.29, 0.717) is 5.91 Å². The molecular formula is C14H25NOS. The highest BCUT2D eigenvalue weighted by molar-refractivity contribution is 7.99. The summed E-state index contributed by atoms with van der Waals surface area (Å²) in [6.45, 7) is 1.96. The molecule has 0 radical (unpaired) electrons. The molecule has 1 saturated heterocycles. The van der Waals surface area contributed by atoms with Crippen LogP contribution in [-0.2, 0) is 4.79 Å². The molecule has 0 unspecified atom stereocenters. The molecule has 0 spiro atoms. The zero-order valence-corrected chi connectivity index (χ0v) is 11.6. The quantitative estimate of drug-likeness (QED) is 0.768. The zero-order valence-electron chi connectivity index (χ0n) is 10.8. The van der Waals surface area contributed by atoms with Crippen LogP contribution in [0.1, 0.15) is 51.4 Å². The number of hydrogen-bond donors (Lipinski definition) is 0. The summed E-state index contributed by atoms with van der Waals surface area (Å²) in [5, 5.41) is 0. The van der Waals surface area contributed by atoms with E-state index in [1.807, 2.05) is 11.8 Å². The van der Waals surface area contributed by atoms with Crippen LogP contribution in [0.2, 0.25) is 0 Å². The second-order valence-electron chi connectivity index (χ2n) is 5.39. The van der Waals surface area contributed by atoms with Crippen molar-refractivity contribution in [3.8, 4) is 0 Å². The molecule has 0 N–H and O–H groups in total. The van der Waals surface area contributed by atoms with Crippen molar-refractivity contribution in [3.63, 3.8) is 0 Å². The Bertz CT molecular complexity index is 232. The van der Waals surface area contributed by atoms with E-state index in [1.165, 1.54) is 38.5 Å². The number of carbonyl (C=O) groups excluding carboxylic acids is 1. The molecule has 2 fully saturated rings. The van der Waals surface area contributed by atoms with Crippen LogP contribution < -0.4 is 0 Å². The first-order valence-corrected chi connectivity index (χ1v) is 8.37. The van der Waals surface area contributed by atoms with Gasteiger partial charge in [0.05, 0.1) is 0 Å². The largest absolute Gasteiger partial charge is 0.341 e. The van der Waals surface area contributed by atoms with Crippen LogP contribution in [0.15, 0.2) is 0 Å². The van der Waals surface area contributed by atoms with E-state index in [9.17, 15) is 4.79 Å². The van der Waals surface area contributed by atoms with Crippen LogP contribution in [0.4, 0.5) is 0 Å². The Kier molecular flexibility index (Phi) is 5.69. The lowest BCUT2D eigenvalue weighted by Crippen LogP contribution is -2.37. The fraction of sp³-hybridized carbons (Fsp3) is 0.929. The van der Waals surface area contributed by atoms with Gasteiger partial charge in [-0.05, 0) is 18.8 Å². The zero-order chi connectivity index (χ0) is 11.9. The van der Waals surface area contributed by atoms with Gasteiger partial charge in [0.2, 0.25) is 5.91 Å². The van der Waals surface area contributed by atoms with Crippen molar-refractivity contribution in [2.24, 2.45) is 5.92 Å². The molecule has 0 aromatic rings. The molecule has 2 nitrogen and oxygen atoms in total. The monoisotopic (exact) mass is 255 g/mol. The average molecular weight is 255 g/mol. The Labute approximate surface area is 110 Å². The van der Waals surface area contributed by atoms with Gasteiger partial charge in [0.25, 0.3) is 0 Å². The van der Waals surface area contributed by atoms with Crippen molar-refractivity contribution in [2.75, 3.05) is 24.6 Å². The van der Waals surface area contributed by atoms with Crippen LogP contribution >= 0.6 is 11.8 Å². The van der Waals surface area contributed by atoms with Gasteiger partial charge in [-0.25, -0.2) is 0 Å². The van der Waals surface area contributed by atoms with E-state index in [2.05, 4.69) is 4.90 Å². The molecule has 1 aliphatic carbocycles. The summed E-state index contributed by atoms with van der Waals surface area (Å²) in [5.74, 6) is 3.59. The predicted octanol–water partition coefficient (Wildman–Crippen LogP) is 3.31. The van der Waals surface area contributed by atoms with E-state index in [0.717, 1.165) is 43.4 Å². The maximum Gasteiger partial charge on any atom is 0.222 e. The first-order chi connectivity index (χ1) is 8.36. The fourth-order valence-corrected chi connectivity index (χ4v) is 3.89. The predicted molar refractivity (Wildman–Crippen MR) is 74.3 cm³/mol. The molecule has 1 aliphatic heterocycles. The Morgan fingerprint density at radius 1 is 1.12 bits per heavy atom. The maximum atomic E-state index is 12.0. The summed E-state index contributed by atoms with van der Waals surface area (Å²) < 4.78 is 0. The molecule has 0 aromatic heterocycles. The highest BCUT2D eigenvalue weighted by Crippen LogP contribution is 2.27. The minimum Gasteiger partial charge on any atom is -0.341 e. The standard InChI is InChI=1S/C14H25NOS/c16-14(15-9-11-17-12-10-15)8-4-7-13-5-2-1-3-6-13/h13H,1-12H2. The Morgan fingerprint density at radius 2 is 1.82 bits per heavy atom. The molecule has 1 amide bonds. The SMILES string of the molecule is O=C(CCCC1CCCCC1)N1CCSCC1. The molecule has 0 atom stereocenters. The molecule has 0 aromatic carbocycles. The molecule has 2 aliphatic rings. The van der Waals surface area contributed by atoms with E-state index in [4.69, 9.17) is 0 Å². The third kappa shape index (κ3) is 4.53. The Hall–Kier alpha value is -0.180. The van der Waals surface area contributed by atoms with Crippen molar-refractivity contribution >= 4 is 17.7 Å². The van der Waals surface area contributed by atoms with Gasteiger partial charge in [0.1, 0.15) is 0 Å². The van der Waals surface area contributed by atoms with Gasteiger partial charge in [0.15, 0.2) is 0 Å². The van der Waals surface area contributed by atoms with Gasteiger partial charge in [0, 0.05) is 31.0 Å². The van der Waals surface area contributed by atoms with Crippen molar-refractivity contribution in [3.05, 3.63) is 0 Å². The second-order valence-corrected chi connectivity index (χ2v) is 6.61. The van der Waals surface area contributed by atoms with Crippen molar-refractivity contribution in [1.82, 2.24) is 4.90 Å². The summed E-state index contributed by atoms with van der Waals surface area (Å²) in [6.07, 6.45) is 10.3. The topological polar surface area (TPSA) is 20.3 Å². The number of carbonyl (C=O) groups is 1. The van der Waals surface area contributed by atoms with Gasteiger partial charge in [-0.1, -0.05) is 32.1 Å². The van der Waals surface area contributed by atoms with Crippen LogP contribution in [0.5, 0.6) is 0 Å². The summed E-state index contributed by atoms with van der Waals surface area (Å²) in [6, 6.07) is 0. The van der Waals surface area contributed by atoms with E-state index in [-0.39, 0.29) is 0 Å². The lowest BCUT2D eigenvalue weighted by atomic mass is 9.86. The lowest BCUT2D eigenvalue weighted by Gasteiger charge is -2.27. The van der Waals surface area contributed by atoms with E-state index >= 15 is 0 Å². The van der Waals surface area contributed by atoms with Crippen molar-refractivity contribution < 1.29 is 4.79 Å². The Balaban J connectivity index is 1.58. The minimum absolute atomic E-state index is 0.404. The maximum absolute atomic E-state index is 12.0. The number of thioether (sulfide) groups is 1. The molecule has 17 heavy (non-hydrogen) atoms. The van der Waals surface area contributed by atoms with Gasteiger partial charge in [-0.3, -0.25) is 4.79 Å². The number of hydrogen-bond acceptors (Lipinski definition) is 2. The first kappa shape index (κ1) is 13.3. The van der Waals surface area contributed by atoms with Gasteiger partial charge < -0.3 is 4.90 Å². The van der Waals surface area contributed by atoms with Crippen molar-refractivity contribution in [1.29, 1.82) is 0 Å². The van der Waals surface area contributed by atoms with E-state index in [1.54, 1.807) is 0 Å². The van der Waals surface area contributed by atoms with E-state index < -0.39 is 0 Å². The first-order valence-electron chi connectivity index (χ1n) is 7.22. The van der Waals surface area contributed by atoms with Gasteiger partial charge >= 0.3 is 0 Å². The number of amides is 1. The second kappa shape index (κ2) is 7.30. The molecular weight excluding hydrogens is 230 g/mol. The molecule has 1 saturated carbocycles. The third-order valence-electron chi connectivity index (χ3n) is 4.09. The van der Waals surface area contributed by atoms with Crippen LogP contribution in [0.3, 0.4) is 0 Å². The van der Waals surface area contributed by atoms with Gasteiger partial charge in [-0.2, -0.15) is 11.8 Å². The number of nitrogens with zero attached hydrogens (tertiary/aromatic N) is 1. The van der Waals surface area contributed by atoms with Crippen molar-refractivity contribution in [2.45, 2.75) is 51.4 Å². The average Bonchev–Trinajstić information content (AvgIpc) is 2.41. The summed E-state index contributed by atoms with van der Waals surface area (Å²) in [7, 11) is 0. The summed E-state index contributed by atoms with van der Waals surface area (Å²) >= 11 is 1.97. The highest BCUT2D eigenvalue weighted by atomic mass is 32.2.